The number of hydrogen-bond donors (Lipinski definition) is 2. The SMILES string of the molecule is Cc1cnn(-c2ccc(C(=O)NC3CCC(C(=O)O)CC3)cc2)c1. The third-order valence-electron chi connectivity index (χ3n) is 4.52. The minimum Gasteiger partial charge on any atom is -0.481 e. The first-order chi connectivity index (χ1) is 11.5. The van der Waals surface area contributed by atoms with Gasteiger partial charge in [-0.05, 0) is 62.4 Å². The molecule has 0 saturated heterocycles. The highest BCUT2D eigenvalue weighted by Crippen LogP contribution is 2.24. The Morgan fingerprint density at radius 1 is 1.17 bits per heavy atom. The Morgan fingerprint density at radius 2 is 1.83 bits per heavy atom. The lowest BCUT2D eigenvalue weighted by molar-refractivity contribution is -0.142. The summed E-state index contributed by atoms with van der Waals surface area (Å²) in [6, 6.07) is 7.35. The van der Waals surface area contributed by atoms with E-state index in [4.69, 9.17) is 5.11 Å². The molecule has 1 fully saturated rings. The van der Waals surface area contributed by atoms with Crippen molar-refractivity contribution in [1.29, 1.82) is 0 Å². The molecule has 1 aromatic carbocycles. The van der Waals surface area contributed by atoms with Crippen molar-refractivity contribution in [2.24, 2.45) is 5.92 Å². The lowest BCUT2D eigenvalue weighted by Crippen LogP contribution is -2.38. The van der Waals surface area contributed by atoms with Gasteiger partial charge in [0.25, 0.3) is 5.91 Å². The number of nitrogens with one attached hydrogen (secondary N) is 1. The average molecular weight is 327 g/mol. The molecule has 0 radical (unpaired) electrons. The summed E-state index contributed by atoms with van der Waals surface area (Å²) in [7, 11) is 0. The van der Waals surface area contributed by atoms with Gasteiger partial charge in [-0.15, -0.1) is 0 Å². The molecule has 1 aliphatic rings. The predicted molar refractivity (Wildman–Crippen MR) is 89.1 cm³/mol. The quantitative estimate of drug-likeness (QED) is 0.904. The maximum Gasteiger partial charge on any atom is 0.306 e. The summed E-state index contributed by atoms with van der Waals surface area (Å²) in [5.74, 6) is -1.11. The van der Waals surface area contributed by atoms with E-state index in [0.29, 0.717) is 31.2 Å². The number of carbonyl (C=O) groups is 2. The van der Waals surface area contributed by atoms with E-state index in [2.05, 4.69) is 10.4 Å². The predicted octanol–water partition coefficient (Wildman–Crippen LogP) is 2.55. The first kappa shape index (κ1) is 16.2. The molecule has 1 amide bonds. The lowest BCUT2D eigenvalue weighted by Gasteiger charge is -2.26. The van der Waals surface area contributed by atoms with E-state index >= 15 is 0 Å². The van der Waals surface area contributed by atoms with Gasteiger partial charge in [-0.2, -0.15) is 5.10 Å². The fourth-order valence-electron chi connectivity index (χ4n) is 3.07. The Balaban J connectivity index is 1.59. The molecule has 1 aliphatic carbocycles. The Bertz CT molecular complexity index is 728. The number of rotatable bonds is 4. The topological polar surface area (TPSA) is 84.2 Å². The number of hydrogen-bond acceptors (Lipinski definition) is 3. The van der Waals surface area contributed by atoms with E-state index in [1.54, 1.807) is 23.0 Å². The number of aromatic nitrogens is 2. The minimum absolute atomic E-state index is 0.0570. The molecule has 6 heteroatoms. The second-order valence-electron chi connectivity index (χ2n) is 6.37. The normalized spacial score (nSPS) is 20.5. The van der Waals surface area contributed by atoms with Gasteiger partial charge >= 0.3 is 5.97 Å². The molecule has 0 spiro atoms. The summed E-state index contributed by atoms with van der Waals surface area (Å²) in [4.78, 5) is 23.3. The maximum absolute atomic E-state index is 12.3. The van der Waals surface area contributed by atoms with Crippen molar-refractivity contribution >= 4 is 11.9 Å². The molecular weight excluding hydrogens is 306 g/mol. The van der Waals surface area contributed by atoms with Crippen LogP contribution >= 0.6 is 0 Å². The summed E-state index contributed by atoms with van der Waals surface area (Å²) in [5, 5.41) is 16.3. The Kier molecular flexibility index (Phi) is 4.64. The fraction of sp³-hybridized carbons (Fsp3) is 0.389. The maximum atomic E-state index is 12.3. The van der Waals surface area contributed by atoms with Crippen LogP contribution < -0.4 is 5.32 Å². The molecule has 6 nitrogen and oxygen atoms in total. The standard InChI is InChI=1S/C18H21N3O3/c1-12-10-19-21(11-12)16-8-4-13(5-9-16)17(22)20-15-6-2-14(3-7-15)18(23)24/h4-5,8-11,14-15H,2-3,6-7H2,1H3,(H,20,22)(H,23,24). The van der Waals surface area contributed by atoms with Crippen LogP contribution in [-0.2, 0) is 4.79 Å². The smallest absolute Gasteiger partial charge is 0.306 e. The van der Waals surface area contributed by atoms with Crippen LogP contribution in [0.4, 0.5) is 0 Å². The molecule has 1 saturated carbocycles. The van der Waals surface area contributed by atoms with Crippen molar-refractivity contribution in [2.75, 3.05) is 0 Å². The highest BCUT2D eigenvalue weighted by molar-refractivity contribution is 5.94. The van der Waals surface area contributed by atoms with Gasteiger partial charge in [-0.1, -0.05) is 0 Å². The van der Waals surface area contributed by atoms with Gasteiger partial charge < -0.3 is 10.4 Å². The monoisotopic (exact) mass is 327 g/mol. The molecule has 0 aliphatic heterocycles. The number of carboxylic acid groups (broad SMARTS) is 1. The zero-order chi connectivity index (χ0) is 17.1. The minimum atomic E-state index is -0.732. The Morgan fingerprint density at radius 3 is 2.38 bits per heavy atom. The molecule has 2 aromatic rings. The van der Waals surface area contributed by atoms with Crippen LogP contribution in [0.25, 0.3) is 5.69 Å². The number of carboxylic acids is 1. The highest BCUT2D eigenvalue weighted by Gasteiger charge is 2.26. The van der Waals surface area contributed by atoms with Crippen LogP contribution in [0.3, 0.4) is 0 Å². The molecule has 2 N–H and O–H groups in total. The van der Waals surface area contributed by atoms with Gasteiger partial charge in [0, 0.05) is 17.8 Å². The van der Waals surface area contributed by atoms with E-state index in [0.717, 1.165) is 11.3 Å². The molecule has 1 aromatic heterocycles. The Labute approximate surface area is 140 Å². The summed E-state index contributed by atoms with van der Waals surface area (Å²) < 4.78 is 1.77. The molecular formula is C18H21N3O3. The highest BCUT2D eigenvalue weighted by atomic mass is 16.4. The third kappa shape index (κ3) is 3.64. The summed E-state index contributed by atoms with van der Waals surface area (Å²) in [5.41, 5.74) is 2.58. The lowest BCUT2D eigenvalue weighted by atomic mass is 9.86. The summed E-state index contributed by atoms with van der Waals surface area (Å²) >= 11 is 0. The number of carbonyl (C=O) groups excluding carboxylic acids is 1. The largest absolute Gasteiger partial charge is 0.481 e. The first-order valence-corrected chi connectivity index (χ1v) is 8.18. The van der Waals surface area contributed by atoms with Gasteiger partial charge in [-0.3, -0.25) is 9.59 Å². The third-order valence-corrected chi connectivity index (χ3v) is 4.52. The van der Waals surface area contributed by atoms with Gasteiger partial charge in [0.2, 0.25) is 0 Å². The van der Waals surface area contributed by atoms with E-state index in [9.17, 15) is 9.59 Å². The summed E-state index contributed by atoms with van der Waals surface area (Å²) in [6.45, 7) is 1.98. The average Bonchev–Trinajstić information content (AvgIpc) is 3.02. The van der Waals surface area contributed by atoms with Gasteiger partial charge in [-0.25, -0.2) is 4.68 Å². The number of amides is 1. The molecule has 126 valence electrons. The number of aliphatic carboxylic acids is 1. The molecule has 1 heterocycles. The number of benzene rings is 1. The van der Waals surface area contributed by atoms with Crippen molar-refractivity contribution in [1.82, 2.24) is 15.1 Å². The summed E-state index contributed by atoms with van der Waals surface area (Å²) in [6.07, 6.45) is 6.39. The second-order valence-corrected chi connectivity index (χ2v) is 6.37. The fourth-order valence-corrected chi connectivity index (χ4v) is 3.07. The van der Waals surface area contributed by atoms with Crippen LogP contribution in [0.1, 0.15) is 41.6 Å². The van der Waals surface area contributed by atoms with Crippen LogP contribution in [0, 0.1) is 12.8 Å². The van der Waals surface area contributed by atoms with Crippen LogP contribution in [0.15, 0.2) is 36.7 Å². The van der Waals surface area contributed by atoms with Crippen LogP contribution in [0.2, 0.25) is 0 Å². The zero-order valence-electron chi connectivity index (χ0n) is 13.6. The van der Waals surface area contributed by atoms with Gasteiger partial charge in [0.05, 0.1) is 17.8 Å². The van der Waals surface area contributed by atoms with E-state index in [-0.39, 0.29) is 17.9 Å². The number of aryl methyl sites for hydroxylation is 1. The molecule has 0 unspecified atom stereocenters. The van der Waals surface area contributed by atoms with E-state index in [1.807, 2.05) is 25.3 Å². The van der Waals surface area contributed by atoms with Crippen molar-refractivity contribution < 1.29 is 14.7 Å². The van der Waals surface area contributed by atoms with Crippen LogP contribution in [0.5, 0.6) is 0 Å². The van der Waals surface area contributed by atoms with E-state index < -0.39 is 5.97 Å². The van der Waals surface area contributed by atoms with Gasteiger partial charge in [0.15, 0.2) is 0 Å². The second kappa shape index (κ2) is 6.86. The number of nitrogens with zero attached hydrogens (tertiary/aromatic N) is 2. The van der Waals surface area contributed by atoms with Crippen molar-refractivity contribution in [3.05, 3.63) is 47.8 Å². The van der Waals surface area contributed by atoms with Crippen molar-refractivity contribution in [2.45, 2.75) is 38.6 Å². The molecule has 24 heavy (non-hydrogen) atoms. The van der Waals surface area contributed by atoms with Gasteiger partial charge in [0.1, 0.15) is 0 Å². The van der Waals surface area contributed by atoms with E-state index in [1.165, 1.54) is 0 Å². The zero-order valence-corrected chi connectivity index (χ0v) is 13.6. The van der Waals surface area contributed by atoms with Crippen LogP contribution in [-0.4, -0.2) is 32.8 Å². The van der Waals surface area contributed by atoms with Crippen molar-refractivity contribution in [3.63, 3.8) is 0 Å². The molecule has 0 atom stereocenters. The Hall–Kier alpha value is -2.63. The first-order valence-electron chi connectivity index (χ1n) is 8.18. The van der Waals surface area contributed by atoms with Crippen molar-refractivity contribution in [3.8, 4) is 5.69 Å². The molecule has 3 rings (SSSR count). The molecule has 0 bridgehead atoms.